The van der Waals surface area contributed by atoms with Crippen LogP contribution in [-0.2, 0) is 6.42 Å². The monoisotopic (exact) mass is 243 g/mol. The van der Waals surface area contributed by atoms with Crippen LogP contribution in [0, 0.1) is 18.2 Å². The van der Waals surface area contributed by atoms with Crippen molar-refractivity contribution in [1.82, 2.24) is 0 Å². The third kappa shape index (κ3) is 3.46. The smallest absolute Gasteiger partial charge is 0.142 e. The molecule has 0 spiro atoms. The zero-order chi connectivity index (χ0) is 12.3. The average molecular weight is 244 g/mol. The maximum atomic E-state index is 13.4. The van der Waals surface area contributed by atoms with E-state index in [1.165, 1.54) is 6.07 Å². The Balaban J connectivity index is 2.76. The standard InChI is InChI=1S/C13H19ClFN/c1-9-6-10(7-11(15)12(9)14)4-5-13(2,3)8-16/h6-7H,4-5,8,16H2,1-3H3. The molecule has 0 bridgehead atoms. The zero-order valence-electron chi connectivity index (χ0n) is 10.1. The topological polar surface area (TPSA) is 26.0 Å². The Morgan fingerprint density at radius 3 is 2.50 bits per heavy atom. The van der Waals surface area contributed by atoms with Crippen LogP contribution in [-0.4, -0.2) is 6.54 Å². The number of nitrogens with two attached hydrogens (primary N) is 1. The molecule has 0 aromatic heterocycles. The predicted octanol–water partition coefficient (Wildman–Crippen LogP) is 3.71. The molecule has 0 amide bonds. The van der Waals surface area contributed by atoms with Gasteiger partial charge in [0.2, 0.25) is 0 Å². The summed E-state index contributed by atoms with van der Waals surface area (Å²) in [6.45, 7) is 6.70. The molecule has 1 aromatic rings. The van der Waals surface area contributed by atoms with Crippen LogP contribution >= 0.6 is 11.6 Å². The maximum Gasteiger partial charge on any atom is 0.142 e. The Kier molecular flexibility index (Phi) is 4.34. The summed E-state index contributed by atoms with van der Waals surface area (Å²) in [7, 11) is 0. The molecule has 0 heterocycles. The van der Waals surface area contributed by atoms with Gasteiger partial charge in [0.15, 0.2) is 0 Å². The highest BCUT2D eigenvalue weighted by Gasteiger charge is 2.15. The lowest BCUT2D eigenvalue weighted by Gasteiger charge is -2.22. The predicted molar refractivity (Wildman–Crippen MR) is 67.3 cm³/mol. The van der Waals surface area contributed by atoms with Gasteiger partial charge < -0.3 is 5.73 Å². The first kappa shape index (κ1) is 13.5. The molecule has 0 atom stereocenters. The summed E-state index contributed by atoms with van der Waals surface area (Å²) < 4.78 is 13.4. The van der Waals surface area contributed by atoms with Gasteiger partial charge in [0.1, 0.15) is 5.82 Å². The van der Waals surface area contributed by atoms with Crippen LogP contribution in [0.25, 0.3) is 0 Å². The summed E-state index contributed by atoms with van der Waals surface area (Å²) in [4.78, 5) is 0. The fourth-order valence-corrected chi connectivity index (χ4v) is 1.64. The van der Waals surface area contributed by atoms with Crippen LogP contribution in [0.1, 0.15) is 31.4 Å². The van der Waals surface area contributed by atoms with Crippen LogP contribution in [0.15, 0.2) is 12.1 Å². The Bertz CT molecular complexity index is 351. The molecule has 90 valence electrons. The lowest BCUT2D eigenvalue weighted by molar-refractivity contribution is 0.347. The lowest BCUT2D eigenvalue weighted by Crippen LogP contribution is -2.24. The Labute approximate surface area is 102 Å². The first-order valence-corrected chi connectivity index (χ1v) is 5.88. The molecule has 1 aromatic carbocycles. The average Bonchev–Trinajstić information content (AvgIpc) is 2.23. The van der Waals surface area contributed by atoms with E-state index in [-0.39, 0.29) is 16.3 Å². The second kappa shape index (κ2) is 5.15. The third-order valence-corrected chi connectivity index (χ3v) is 3.39. The fraction of sp³-hybridized carbons (Fsp3) is 0.538. The van der Waals surface area contributed by atoms with Gasteiger partial charge in [-0.2, -0.15) is 0 Å². The molecule has 3 heteroatoms. The van der Waals surface area contributed by atoms with Crippen molar-refractivity contribution in [2.45, 2.75) is 33.6 Å². The minimum atomic E-state index is -0.331. The van der Waals surface area contributed by atoms with E-state index in [1.54, 1.807) is 0 Å². The van der Waals surface area contributed by atoms with Gasteiger partial charge in [0, 0.05) is 0 Å². The van der Waals surface area contributed by atoms with E-state index in [1.807, 2.05) is 13.0 Å². The van der Waals surface area contributed by atoms with Gasteiger partial charge in [-0.1, -0.05) is 31.5 Å². The van der Waals surface area contributed by atoms with Crippen LogP contribution in [0.4, 0.5) is 4.39 Å². The van der Waals surface area contributed by atoms with E-state index in [0.717, 1.165) is 24.0 Å². The second-order valence-electron chi connectivity index (χ2n) is 5.08. The summed E-state index contributed by atoms with van der Waals surface area (Å²) >= 11 is 5.77. The SMILES string of the molecule is Cc1cc(CCC(C)(C)CN)cc(F)c1Cl. The molecule has 1 rings (SSSR count). The van der Waals surface area contributed by atoms with Crippen molar-refractivity contribution in [2.75, 3.05) is 6.54 Å². The van der Waals surface area contributed by atoms with Gasteiger partial charge in [-0.05, 0) is 48.9 Å². The van der Waals surface area contributed by atoms with Crippen LogP contribution < -0.4 is 5.73 Å². The fourth-order valence-electron chi connectivity index (χ4n) is 1.53. The lowest BCUT2D eigenvalue weighted by atomic mass is 9.86. The molecule has 2 N–H and O–H groups in total. The highest BCUT2D eigenvalue weighted by Crippen LogP contribution is 2.25. The normalized spacial score (nSPS) is 11.9. The van der Waals surface area contributed by atoms with E-state index in [9.17, 15) is 4.39 Å². The van der Waals surface area contributed by atoms with Gasteiger partial charge in [0.25, 0.3) is 0 Å². The van der Waals surface area contributed by atoms with Crippen molar-refractivity contribution in [3.8, 4) is 0 Å². The molecule has 0 saturated carbocycles. The zero-order valence-corrected chi connectivity index (χ0v) is 10.9. The van der Waals surface area contributed by atoms with Crippen LogP contribution in [0.2, 0.25) is 5.02 Å². The first-order valence-electron chi connectivity index (χ1n) is 5.50. The largest absolute Gasteiger partial charge is 0.330 e. The molecule has 0 aliphatic rings. The van der Waals surface area contributed by atoms with Crippen LogP contribution in [0.3, 0.4) is 0 Å². The highest BCUT2D eigenvalue weighted by molar-refractivity contribution is 6.31. The number of hydrogen-bond acceptors (Lipinski definition) is 1. The van der Waals surface area contributed by atoms with Crippen molar-refractivity contribution in [3.05, 3.63) is 34.1 Å². The molecule has 0 fully saturated rings. The molecule has 0 radical (unpaired) electrons. The number of hydrogen-bond donors (Lipinski definition) is 1. The molecule has 0 unspecified atom stereocenters. The third-order valence-electron chi connectivity index (χ3n) is 2.91. The van der Waals surface area contributed by atoms with E-state index >= 15 is 0 Å². The Morgan fingerprint density at radius 1 is 1.38 bits per heavy atom. The Hall–Kier alpha value is -0.600. The summed E-state index contributed by atoms with van der Waals surface area (Å²) in [5, 5.41) is 0.224. The molecule has 1 nitrogen and oxygen atoms in total. The minimum absolute atomic E-state index is 0.101. The number of benzene rings is 1. The van der Waals surface area contributed by atoms with E-state index in [0.29, 0.717) is 6.54 Å². The molecular weight excluding hydrogens is 225 g/mol. The molecule has 0 aliphatic heterocycles. The first-order chi connectivity index (χ1) is 7.35. The molecule has 16 heavy (non-hydrogen) atoms. The molecule has 0 aliphatic carbocycles. The van der Waals surface area contributed by atoms with Gasteiger partial charge in [-0.15, -0.1) is 0 Å². The number of rotatable bonds is 4. The van der Waals surface area contributed by atoms with E-state index in [2.05, 4.69) is 13.8 Å². The van der Waals surface area contributed by atoms with Gasteiger partial charge in [0.05, 0.1) is 5.02 Å². The van der Waals surface area contributed by atoms with Crippen LogP contribution in [0.5, 0.6) is 0 Å². The van der Waals surface area contributed by atoms with E-state index in [4.69, 9.17) is 17.3 Å². The van der Waals surface area contributed by atoms with Crippen molar-refractivity contribution in [2.24, 2.45) is 11.1 Å². The minimum Gasteiger partial charge on any atom is -0.330 e. The Morgan fingerprint density at radius 2 is 2.00 bits per heavy atom. The van der Waals surface area contributed by atoms with Gasteiger partial charge in [-0.25, -0.2) is 4.39 Å². The van der Waals surface area contributed by atoms with Crippen molar-refractivity contribution >= 4 is 11.6 Å². The van der Waals surface area contributed by atoms with Crippen molar-refractivity contribution < 1.29 is 4.39 Å². The van der Waals surface area contributed by atoms with Gasteiger partial charge in [-0.3, -0.25) is 0 Å². The summed E-state index contributed by atoms with van der Waals surface area (Å²) in [5.74, 6) is -0.331. The van der Waals surface area contributed by atoms with Gasteiger partial charge >= 0.3 is 0 Å². The maximum absolute atomic E-state index is 13.4. The van der Waals surface area contributed by atoms with E-state index < -0.39 is 0 Å². The number of halogens is 2. The highest BCUT2D eigenvalue weighted by atomic mass is 35.5. The number of aryl methyl sites for hydroxylation is 2. The van der Waals surface area contributed by atoms with Crippen molar-refractivity contribution in [3.63, 3.8) is 0 Å². The molecule has 0 saturated heterocycles. The summed E-state index contributed by atoms with van der Waals surface area (Å²) in [6, 6.07) is 3.46. The molecular formula is C13H19ClFN. The summed E-state index contributed by atoms with van der Waals surface area (Å²) in [6.07, 6.45) is 1.78. The summed E-state index contributed by atoms with van der Waals surface area (Å²) in [5.41, 5.74) is 7.54. The quantitative estimate of drug-likeness (QED) is 0.857. The second-order valence-corrected chi connectivity index (χ2v) is 5.45. The van der Waals surface area contributed by atoms with Crippen molar-refractivity contribution in [1.29, 1.82) is 0 Å².